The maximum atomic E-state index is 11.4. The molecule has 1 aliphatic rings. The Balaban J connectivity index is 1.87. The van der Waals surface area contributed by atoms with Gasteiger partial charge in [-0.3, -0.25) is 4.79 Å². The van der Waals surface area contributed by atoms with Gasteiger partial charge in [0.25, 0.3) is 5.91 Å². The van der Waals surface area contributed by atoms with Gasteiger partial charge in [-0.15, -0.1) is 0 Å². The number of amides is 1. The molecule has 1 aliphatic carbocycles. The second-order valence-corrected chi connectivity index (χ2v) is 5.44. The summed E-state index contributed by atoms with van der Waals surface area (Å²) in [5, 5.41) is 11.9. The number of benzene rings is 1. The van der Waals surface area contributed by atoms with Gasteiger partial charge in [-0.1, -0.05) is 31.4 Å². The zero-order valence-corrected chi connectivity index (χ0v) is 12.0. The summed E-state index contributed by atoms with van der Waals surface area (Å²) in [4.78, 5) is 11.4. The molecule has 20 heavy (non-hydrogen) atoms. The number of carbonyl (C=O) groups excluding carboxylic acids is 1. The van der Waals surface area contributed by atoms with E-state index < -0.39 is 12.0 Å². The van der Waals surface area contributed by atoms with Crippen LogP contribution in [-0.4, -0.2) is 23.2 Å². The minimum atomic E-state index is -1.00. The number of anilines is 1. The normalized spacial score (nSPS) is 17.7. The highest BCUT2D eigenvalue weighted by Crippen LogP contribution is 2.22. The van der Waals surface area contributed by atoms with Crippen molar-refractivity contribution in [2.24, 2.45) is 0 Å². The molecule has 1 aromatic rings. The largest absolute Gasteiger partial charge is 0.384 e. The number of rotatable bonds is 5. The number of hydrogen-bond acceptors (Lipinski definition) is 3. The number of carbonyl (C=O) groups is 1. The van der Waals surface area contributed by atoms with E-state index in [1.165, 1.54) is 26.2 Å². The van der Waals surface area contributed by atoms with Gasteiger partial charge in [-0.25, -0.2) is 0 Å². The lowest BCUT2D eigenvalue weighted by atomic mass is 9.98. The van der Waals surface area contributed by atoms with E-state index in [2.05, 4.69) is 5.32 Å². The minimum Gasteiger partial charge on any atom is -0.384 e. The first kappa shape index (κ1) is 15.0. The van der Waals surface area contributed by atoms with Crippen LogP contribution in [0.1, 0.15) is 44.6 Å². The van der Waals surface area contributed by atoms with Crippen molar-refractivity contribution in [3.8, 4) is 0 Å². The van der Waals surface area contributed by atoms with Gasteiger partial charge in [0.2, 0.25) is 0 Å². The molecule has 1 aromatic carbocycles. The molecule has 1 amide bonds. The van der Waals surface area contributed by atoms with Crippen LogP contribution in [-0.2, 0) is 16.1 Å². The second-order valence-electron chi connectivity index (χ2n) is 5.44. The summed E-state index contributed by atoms with van der Waals surface area (Å²) in [6.45, 7) is 2.02. The Morgan fingerprint density at radius 1 is 1.40 bits per heavy atom. The van der Waals surface area contributed by atoms with Crippen molar-refractivity contribution in [2.45, 2.75) is 57.8 Å². The molecule has 4 heteroatoms. The van der Waals surface area contributed by atoms with Crippen LogP contribution in [0, 0.1) is 0 Å². The molecule has 110 valence electrons. The molecule has 0 heterocycles. The molecular formula is C16H23NO3. The van der Waals surface area contributed by atoms with E-state index in [0.29, 0.717) is 18.4 Å². The maximum absolute atomic E-state index is 11.4. The molecule has 1 atom stereocenters. The van der Waals surface area contributed by atoms with Gasteiger partial charge in [-0.05, 0) is 37.5 Å². The van der Waals surface area contributed by atoms with E-state index in [9.17, 15) is 9.90 Å². The fraction of sp³-hybridized carbons (Fsp3) is 0.562. The summed E-state index contributed by atoms with van der Waals surface area (Å²) in [6, 6.07) is 7.57. The zero-order chi connectivity index (χ0) is 14.4. The van der Waals surface area contributed by atoms with E-state index in [1.807, 2.05) is 24.3 Å². The number of ether oxygens (including phenoxy) is 1. The van der Waals surface area contributed by atoms with Gasteiger partial charge < -0.3 is 15.2 Å². The van der Waals surface area contributed by atoms with Gasteiger partial charge in [0, 0.05) is 5.69 Å². The number of hydrogen-bond donors (Lipinski definition) is 2. The smallest absolute Gasteiger partial charge is 0.252 e. The minimum absolute atomic E-state index is 0.375. The van der Waals surface area contributed by atoms with E-state index in [4.69, 9.17) is 4.74 Å². The highest BCUT2D eigenvalue weighted by molar-refractivity contribution is 5.93. The van der Waals surface area contributed by atoms with Crippen LogP contribution in [0.2, 0.25) is 0 Å². The van der Waals surface area contributed by atoms with Crippen LogP contribution < -0.4 is 5.32 Å². The summed E-state index contributed by atoms with van der Waals surface area (Å²) in [6.07, 6.45) is 5.51. The number of aliphatic hydroxyl groups is 1. The lowest BCUT2D eigenvalue weighted by Gasteiger charge is -2.22. The van der Waals surface area contributed by atoms with Crippen LogP contribution >= 0.6 is 0 Å². The van der Waals surface area contributed by atoms with E-state index in [-0.39, 0.29) is 0 Å². The monoisotopic (exact) mass is 277 g/mol. The molecule has 0 spiro atoms. The molecule has 0 radical (unpaired) electrons. The number of aliphatic hydroxyl groups excluding tert-OH is 1. The zero-order valence-electron chi connectivity index (χ0n) is 12.0. The predicted molar refractivity (Wildman–Crippen MR) is 78.4 cm³/mol. The SMILES string of the molecule is CC(O)C(=O)Nc1cccc(COC2CCCCC2)c1. The van der Waals surface area contributed by atoms with Crippen molar-refractivity contribution in [1.82, 2.24) is 0 Å². The quantitative estimate of drug-likeness (QED) is 0.870. The third kappa shape index (κ3) is 4.62. The highest BCUT2D eigenvalue weighted by atomic mass is 16.5. The van der Waals surface area contributed by atoms with E-state index >= 15 is 0 Å². The van der Waals surface area contributed by atoms with Gasteiger partial charge in [0.05, 0.1) is 12.7 Å². The van der Waals surface area contributed by atoms with Gasteiger partial charge in [0.1, 0.15) is 6.10 Å². The topological polar surface area (TPSA) is 58.6 Å². The van der Waals surface area contributed by atoms with E-state index in [0.717, 1.165) is 18.4 Å². The fourth-order valence-electron chi connectivity index (χ4n) is 2.43. The summed E-state index contributed by atoms with van der Waals surface area (Å²) in [5.41, 5.74) is 1.74. The van der Waals surface area contributed by atoms with Gasteiger partial charge >= 0.3 is 0 Å². The van der Waals surface area contributed by atoms with Crippen LogP contribution in [0.15, 0.2) is 24.3 Å². The molecule has 1 unspecified atom stereocenters. The van der Waals surface area contributed by atoms with Crippen molar-refractivity contribution >= 4 is 11.6 Å². The molecule has 0 aliphatic heterocycles. The standard InChI is InChI=1S/C16H23NO3/c1-12(18)16(19)17-14-7-5-6-13(10-14)11-20-15-8-3-2-4-9-15/h5-7,10,12,15,18H,2-4,8-9,11H2,1H3,(H,17,19). The van der Waals surface area contributed by atoms with Crippen molar-refractivity contribution in [3.05, 3.63) is 29.8 Å². The van der Waals surface area contributed by atoms with Crippen LogP contribution in [0.3, 0.4) is 0 Å². The average molecular weight is 277 g/mol. The molecule has 4 nitrogen and oxygen atoms in total. The predicted octanol–water partition coefficient (Wildman–Crippen LogP) is 2.86. The van der Waals surface area contributed by atoms with Crippen molar-refractivity contribution in [1.29, 1.82) is 0 Å². The number of nitrogens with one attached hydrogen (secondary N) is 1. The molecule has 0 saturated heterocycles. The van der Waals surface area contributed by atoms with Crippen LogP contribution in [0.25, 0.3) is 0 Å². The van der Waals surface area contributed by atoms with Gasteiger partial charge in [0.15, 0.2) is 0 Å². The first-order valence-corrected chi connectivity index (χ1v) is 7.34. The maximum Gasteiger partial charge on any atom is 0.252 e. The Labute approximate surface area is 120 Å². The Hall–Kier alpha value is -1.39. The summed E-state index contributed by atoms with van der Waals surface area (Å²) >= 11 is 0. The molecule has 2 N–H and O–H groups in total. The lowest BCUT2D eigenvalue weighted by Crippen LogP contribution is -2.24. The Bertz CT molecular complexity index is 439. The van der Waals surface area contributed by atoms with Crippen molar-refractivity contribution in [2.75, 3.05) is 5.32 Å². The molecular weight excluding hydrogens is 254 g/mol. The first-order chi connectivity index (χ1) is 9.65. The fourth-order valence-corrected chi connectivity index (χ4v) is 2.43. The molecule has 1 saturated carbocycles. The molecule has 0 bridgehead atoms. The second kappa shape index (κ2) is 7.41. The third-order valence-electron chi connectivity index (χ3n) is 3.61. The van der Waals surface area contributed by atoms with Crippen LogP contribution in [0.5, 0.6) is 0 Å². The third-order valence-corrected chi connectivity index (χ3v) is 3.61. The Morgan fingerprint density at radius 2 is 2.15 bits per heavy atom. The van der Waals surface area contributed by atoms with Gasteiger partial charge in [-0.2, -0.15) is 0 Å². The first-order valence-electron chi connectivity index (χ1n) is 7.34. The molecule has 0 aromatic heterocycles. The highest BCUT2D eigenvalue weighted by Gasteiger charge is 2.14. The van der Waals surface area contributed by atoms with Crippen molar-refractivity contribution < 1.29 is 14.6 Å². The summed E-state index contributed by atoms with van der Waals surface area (Å²) in [7, 11) is 0. The van der Waals surface area contributed by atoms with Crippen LogP contribution in [0.4, 0.5) is 5.69 Å². The average Bonchev–Trinajstić information content (AvgIpc) is 2.46. The lowest BCUT2D eigenvalue weighted by molar-refractivity contribution is -0.123. The van der Waals surface area contributed by atoms with E-state index in [1.54, 1.807) is 0 Å². The summed E-state index contributed by atoms with van der Waals surface area (Å²) in [5.74, 6) is -0.393. The Morgan fingerprint density at radius 3 is 2.85 bits per heavy atom. The Kier molecular flexibility index (Phi) is 5.56. The summed E-state index contributed by atoms with van der Waals surface area (Å²) < 4.78 is 5.91. The molecule has 2 rings (SSSR count). The molecule has 1 fully saturated rings. The van der Waals surface area contributed by atoms with Crippen molar-refractivity contribution in [3.63, 3.8) is 0 Å².